The molecule has 1 aliphatic carbocycles. The maximum absolute atomic E-state index is 15.9. The van der Waals surface area contributed by atoms with Crippen LogP contribution in [0, 0.1) is 5.82 Å². The predicted octanol–water partition coefficient (Wildman–Crippen LogP) is 8.39. The summed E-state index contributed by atoms with van der Waals surface area (Å²) in [5.41, 5.74) is 5.28. The van der Waals surface area contributed by atoms with Crippen LogP contribution in [-0.2, 0) is 11.3 Å². The highest BCUT2D eigenvalue weighted by Gasteiger charge is 2.25. The Morgan fingerprint density at radius 3 is 2.38 bits per heavy atom. The second-order valence-electron chi connectivity index (χ2n) is 11.2. The van der Waals surface area contributed by atoms with Crippen molar-refractivity contribution >= 4 is 34.5 Å². The van der Waals surface area contributed by atoms with E-state index in [9.17, 15) is 9.59 Å². The van der Waals surface area contributed by atoms with E-state index in [4.69, 9.17) is 26.1 Å². The van der Waals surface area contributed by atoms with Crippen LogP contribution in [0.2, 0.25) is 5.02 Å². The fraction of sp³-hybridized carbons (Fsp3) is 0.250. The van der Waals surface area contributed by atoms with E-state index in [1.54, 1.807) is 55.6 Å². The van der Waals surface area contributed by atoms with E-state index in [1.807, 2.05) is 24.3 Å². The van der Waals surface area contributed by atoms with E-state index >= 15 is 4.39 Å². The van der Waals surface area contributed by atoms with Crippen LogP contribution < -0.4 is 10.1 Å². The van der Waals surface area contributed by atoms with Gasteiger partial charge in [-0.2, -0.15) is 0 Å². The monoisotopic (exact) mass is 625 g/mol. The van der Waals surface area contributed by atoms with E-state index in [1.165, 1.54) is 19.6 Å². The Morgan fingerprint density at radius 2 is 1.67 bits per heavy atom. The number of halogens is 2. The Labute approximate surface area is 266 Å². The number of methoxy groups -OCH3 is 1. The standard InChI is InChI=1S/C36H33ClFN3O4/c1-39-35(42)23-10-15-29(22-8-12-26(37)13-9-22)25(18-23)21-45-28-14-16-30(31(38)20-28)34-40-32-19-24(36(43)44-2)11-17-33(32)41(34)27-6-4-3-5-7-27/h8-20,27H,3-7,21H2,1-2H3,(H,39,42). The van der Waals surface area contributed by atoms with Crippen molar-refractivity contribution in [2.24, 2.45) is 0 Å². The van der Waals surface area contributed by atoms with Crippen molar-refractivity contribution in [2.75, 3.05) is 14.2 Å². The van der Waals surface area contributed by atoms with Gasteiger partial charge in [-0.15, -0.1) is 0 Å². The zero-order valence-electron chi connectivity index (χ0n) is 25.1. The molecule has 7 nitrogen and oxygen atoms in total. The van der Waals surface area contributed by atoms with E-state index in [0.717, 1.165) is 47.9 Å². The van der Waals surface area contributed by atoms with Crippen LogP contribution in [0.15, 0.2) is 78.9 Å². The topological polar surface area (TPSA) is 82.4 Å². The number of nitrogens with zero attached hydrogens (tertiary/aromatic N) is 2. The van der Waals surface area contributed by atoms with Crippen LogP contribution in [0.3, 0.4) is 0 Å². The summed E-state index contributed by atoms with van der Waals surface area (Å²) >= 11 is 6.10. The molecule has 0 unspecified atom stereocenters. The second-order valence-corrected chi connectivity index (χ2v) is 11.6. The highest BCUT2D eigenvalue weighted by atomic mass is 35.5. The lowest BCUT2D eigenvalue weighted by Crippen LogP contribution is -2.18. The van der Waals surface area contributed by atoms with Crippen LogP contribution in [0.1, 0.15) is 64.4 Å². The number of rotatable bonds is 8. The van der Waals surface area contributed by atoms with Crippen molar-refractivity contribution in [2.45, 2.75) is 44.8 Å². The fourth-order valence-corrected chi connectivity index (χ4v) is 6.21. The number of imidazole rings is 1. The molecule has 1 amide bonds. The minimum absolute atomic E-state index is 0.110. The lowest BCUT2D eigenvalue weighted by molar-refractivity contribution is 0.0600. The Balaban J connectivity index is 1.33. The first-order valence-electron chi connectivity index (χ1n) is 15.0. The van der Waals surface area contributed by atoms with Gasteiger partial charge in [0.25, 0.3) is 5.91 Å². The largest absolute Gasteiger partial charge is 0.489 e. The van der Waals surface area contributed by atoms with Crippen LogP contribution >= 0.6 is 11.6 Å². The second kappa shape index (κ2) is 13.1. The van der Waals surface area contributed by atoms with Gasteiger partial charge in [-0.05, 0) is 84.1 Å². The quantitative estimate of drug-likeness (QED) is 0.175. The van der Waals surface area contributed by atoms with Gasteiger partial charge in [-0.25, -0.2) is 14.2 Å². The average Bonchev–Trinajstić information content (AvgIpc) is 3.45. The Morgan fingerprint density at radius 1 is 0.933 bits per heavy atom. The molecule has 1 aliphatic rings. The van der Waals surface area contributed by atoms with E-state index in [2.05, 4.69) is 9.88 Å². The molecule has 0 radical (unpaired) electrons. The summed E-state index contributed by atoms with van der Waals surface area (Å²) in [5, 5.41) is 3.27. The first-order chi connectivity index (χ1) is 21.9. The van der Waals surface area contributed by atoms with Crippen LogP contribution in [0.25, 0.3) is 33.5 Å². The fourth-order valence-electron chi connectivity index (χ4n) is 6.08. The third-order valence-electron chi connectivity index (χ3n) is 8.38. The zero-order chi connectivity index (χ0) is 31.5. The molecule has 1 fully saturated rings. The molecular formula is C36H33ClFN3O4. The lowest BCUT2D eigenvalue weighted by Gasteiger charge is -2.25. The number of esters is 1. The van der Waals surface area contributed by atoms with Crippen molar-refractivity contribution in [1.82, 2.24) is 14.9 Å². The number of carbonyl (C=O) groups excluding carboxylic acids is 2. The molecule has 1 heterocycles. The summed E-state index contributed by atoms with van der Waals surface area (Å²) in [4.78, 5) is 29.4. The van der Waals surface area contributed by atoms with Gasteiger partial charge in [0.1, 0.15) is 24.0 Å². The van der Waals surface area contributed by atoms with Crippen molar-refractivity contribution < 1.29 is 23.5 Å². The highest BCUT2D eigenvalue weighted by Crippen LogP contribution is 2.38. The van der Waals surface area contributed by atoms with Crippen LogP contribution in [-0.4, -0.2) is 35.6 Å². The lowest BCUT2D eigenvalue weighted by atomic mass is 9.94. The smallest absolute Gasteiger partial charge is 0.337 e. The normalized spacial score (nSPS) is 13.5. The molecule has 0 bridgehead atoms. The average molecular weight is 626 g/mol. The molecule has 0 atom stereocenters. The van der Waals surface area contributed by atoms with Gasteiger partial charge in [-0.1, -0.05) is 49.1 Å². The summed E-state index contributed by atoms with van der Waals surface area (Å²) < 4.78 is 29.0. The van der Waals surface area contributed by atoms with Crippen molar-refractivity contribution in [3.63, 3.8) is 0 Å². The van der Waals surface area contributed by atoms with Crippen molar-refractivity contribution in [1.29, 1.82) is 0 Å². The molecule has 45 heavy (non-hydrogen) atoms. The van der Waals surface area contributed by atoms with Gasteiger partial charge >= 0.3 is 5.97 Å². The predicted molar refractivity (Wildman–Crippen MR) is 173 cm³/mol. The van der Waals surface area contributed by atoms with Crippen molar-refractivity contribution in [3.8, 4) is 28.3 Å². The summed E-state index contributed by atoms with van der Waals surface area (Å²) in [6, 6.07) is 23.1. The SMILES string of the molecule is CNC(=O)c1ccc(-c2ccc(Cl)cc2)c(COc2ccc(-c3nc4cc(C(=O)OC)ccc4n3C3CCCCC3)c(F)c2)c1. The van der Waals surface area contributed by atoms with Gasteiger partial charge in [0.2, 0.25) is 0 Å². The first kappa shape index (κ1) is 30.3. The maximum atomic E-state index is 15.9. The van der Waals surface area contributed by atoms with Crippen LogP contribution in [0.4, 0.5) is 4.39 Å². The molecule has 4 aromatic carbocycles. The molecule has 1 N–H and O–H groups in total. The number of fused-ring (bicyclic) bond motifs is 1. The molecule has 1 saturated carbocycles. The number of aromatic nitrogens is 2. The van der Waals surface area contributed by atoms with E-state index in [0.29, 0.717) is 38.8 Å². The molecule has 230 valence electrons. The van der Waals surface area contributed by atoms with Gasteiger partial charge < -0.3 is 19.4 Å². The molecule has 0 aliphatic heterocycles. The number of nitrogens with one attached hydrogen (secondary N) is 1. The van der Waals surface area contributed by atoms with Gasteiger partial charge in [0, 0.05) is 29.7 Å². The Bertz CT molecular complexity index is 1880. The molecule has 5 aromatic rings. The molecular weight excluding hydrogens is 593 g/mol. The zero-order valence-corrected chi connectivity index (χ0v) is 25.9. The molecule has 0 spiro atoms. The number of hydrogen-bond donors (Lipinski definition) is 1. The summed E-state index contributed by atoms with van der Waals surface area (Å²) in [7, 11) is 2.92. The highest BCUT2D eigenvalue weighted by molar-refractivity contribution is 6.30. The van der Waals surface area contributed by atoms with Crippen molar-refractivity contribution in [3.05, 3.63) is 106 Å². The Hall–Kier alpha value is -4.69. The molecule has 6 rings (SSSR count). The Kier molecular flexibility index (Phi) is 8.85. The molecule has 1 aromatic heterocycles. The van der Waals surface area contributed by atoms with Gasteiger partial charge in [0.15, 0.2) is 0 Å². The third kappa shape index (κ3) is 6.28. The number of amides is 1. The number of benzene rings is 4. The van der Waals surface area contributed by atoms with Gasteiger partial charge in [-0.3, -0.25) is 4.79 Å². The number of hydrogen-bond acceptors (Lipinski definition) is 5. The van der Waals surface area contributed by atoms with E-state index in [-0.39, 0.29) is 18.6 Å². The van der Waals surface area contributed by atoms with E-state index < -0.39 is 11.8 Å². The summed E-state index contributed by atoms with van der Waals surface area (Å²) in [6.07, 6.45) is 5.32. The van der Waals surface area contributed by atoms with Crippen LogP contribution in [0.5, 0.6) is 5.75 Å². The number of carbonyl (C=O) groups is 2. The number of ether oxygens (including phenoxy) is 2. The first-order valence-corrected chi connectivity index (χ1v) is 15.4. The minimum Gasteiger partial charge on any atom is -0.489 e. The maximum Gasteiger partial charge on any atom is 0.337 e. The minimum atomic E-state index is -0.468. The summed E-state index contributed by atoms with van der Waals surface area (Å²) in [5.74, 6) is -0.263. The summed E-state index contributed by atoms with van der Waals surface area (Å²) in [6.45, 7) is 0.110. The van der Waals surface area contributed by atoms with Gasteiger partial charge in [0.05, 0.1) is 29.3 Å². The molecule has 9 heteroatoms. The third-order valence-corrected chi connectivity index (χ3v) is 8.63. The molecule has 0 saturated heterocycles.